The zero-order chi connectivity index (χ0) is 13.1. The number of nitrogens with two attached hydrogens (primary N) is 1. The molecule has 0 saturated carbocycles. The van der Waals surface area contributed by atoms with Gasteiger partial charge in [0.15, 0.2) is 5.43 Å². The molecule has 18 heavy (non-hydrogen) atoms. The zero-order valence-corrected chi connectivity index (χ0v) is 9.84. The molecule has 6 heteroatoms. The molecule has 0 saturated heterocycles. The summed E-state index contributed by atoms with van der Waals surface area (Å²) in [5.41, 5.74) is 2.51. The number of ether oxygens (including phenoxy) is 1. The van der Waals surface area contributed by atoms with Crippen LogP contribution in [0.5, 0.6) is 5.75 Å². The summed E-state index contributed by atoms with van der Waals surface area (Å²) in [4.78, 5) is 23.1. The number of amides is 1. The number of rotatable bonds is 3. The molecule has 2 rings (SSSR count). The van der Waals surface area contributed by atoms with Gasteiger partial charge < -0.3 is 9.30 Å². The summed E-state index contributed by atoms with van der Waals surface area (Å²) in [6, 6.07) is 6.57. The van der Waals surface area contributed by atoms with Crippen LogP contribution in [-0.4, -0.2) is 17.6 Å². The summed E-state index contributed by atoms with van der Waals surface area (Å²) in [6.45, 7) is 0.0215. The van der Waals surface area contributed by atoms with Crippen LogP contribution in [0.2, 0.25) is 0 Å². The first-order valence-corrected chi connectivity index (χ1v) is 5.33. The number of methoxy groups -OCH3 is 1. The molecule has 6 nitrogen and oxygen atoms in total. The number of carbonyl (C=O) groups excluding carboxylic acids is 1. The molecule has 0 radical (unpaired) electrons. The number of aromatic nitrogens is 1. The molecular weight excluding hydrogens is 234 g/mol. The van der Waals surface area contributed by atoms with Gasteiger partial charge in [-0.15, -0.1) is 0 Å². The van der Waals surface area contributed by atoms with Crippen molar-refractivity contribution >= 4 is 16.8 Å². The molecule has 1 aromatic carbocycles. The minimum absolute atomic E-state index is 0.0215. The minimum atomic E-state index is -0.356. The van der Waals surface area contributed by atoms with Crippen molar-refractivity contribution in [3.05, 3.63) is 40.7 Å². The van der Waals surface area contributed by atoms with Crippen molar-refractivity contribution in [3.8, 4) is 5.75 Å². The Balaban J connectivity index is 2.70. The fraction of sp³-hybridized carbons (Fsp3) is 0.167. The second kappa shape index (κ2) is 4.89. The standard InChI is InChI=1S/C12H13N3O3/c1-18-10-4-2-3-8-9(16)5-6-15(12(8)10)7-11(17)14-13/h2-6H,7,13H2,1H3,(H,14,17). The van der Waals surface area contributed by atoms with Crippen LogP contribution < -0.4 is 21.4 Å². The Kier molecular flexibility index (Phi) is 3.29. The van der Waals surface area contributed by atoms with E-state index in [1.54, 1.807) is 29.0 Å². The lowest BCUT2D eigenvalue weighted by Crippen LogP contribution is -2.33. The van der Waals surface area contributed by atoms with E-state index in [9.17, 15) is 9.59 Å². The monoisotopic (exact) mass is 247 g/mol. The molecule has 0 bridgehead atoms. The molecule has 0 aliphatic carbocycles. The molecule has 1 heterocycles. The molecular formula is C12H13N3O3. The van der Waals surface area contributed by atoms with Gasteiger partial charge in [0.05, 0.1) is 12.6 Å². The van der Waals surface area contributed by atoms with Gasteiger partial charge in [0.2, 0.25) is 0 Å². The van der Waals surface area contributed by atoms with Crippen molar-refractivity contribution in [1.29, 1.82) is 0 Å². The van der Waals surface area contributed by atoms with Gasteiger partial charge >= 0.3 is 0 Å². The van der Waals surface area contributed by atoms with E-state index < -0.39 is 0 Å². The molecule has 0 aliphatic heterocycles. The smallest absolute Gasteiger partial charge is 0.253 e. The molecule has 0 aliphatic rings. The van der Waals surface area contributed by atoms with Crippen molar-refractivity contribution < 1.29 is 9.53 Å². The first kappa shape index (κ1) is 12.1. The summed E-state index contributed by atoms with van der Waals surface area (Å²) in [5.74, 6) is 5.24. The lowest BCUT2D eigenvalue weighted by Gasteiger charge is -2.12. The van der Waals surface area contributed by atoms with E-state index in [1.807, 2.05) is 0 Å². The second-order valence-corrected chi connectivity index (χ2v) is 3.73. The van der Waals surface area contributed by atoms with Crippen molar-refractivity contribution in [1.82, 2.24) is 9.99 Å². The maximum atomic E-state index is 11.8. The van der Waals surface area contributed by atoms with E-state index >= 15 is 0 Å². The third-order valence-electron chi connectivity index (χ3n) is 2.65. The van der Waals surface area contributed by atoms with Gasteiger partial charge in [0.1, 0.15) is 12.3 Å². The van der Waals surface area contributed by atoms with Gasteiger partial charge in [-0.05, 0) is 12.1 Å². The Morgan fingerprint density at radius 3 is 2.89 bits per heavy atom. The van der Waals surface area contributed by atoms with Gasteiger partial charge in [0.25, 0.3) is 5.91 Å². The van der Waals surface area contributed by atoms with Gasteiger partial charge in [-0.25, -0.2) is 5.84 Å². The normalized spacial score (nSPS) is 10.3. The summed E-state index contributed by atoms with van der Waals surface area (Å²) in [5, 5.41) is 0.502. The van der Waals surface area contributed by atoms with Crippen LogP contribution in [0.1, 0.15) is 0 Å². The number of hydrazine groups is 1. The first-order valence-electron chi connectivity index (χ1n) is 5.33. The molecule has 2 aromatic rings. The Hall–Kier alpha value is -2.34. The third-order valence-corrected chi connectivity index (χ3v) is 2.65. The van der Waals surface area contributed by atoms with E-state index in [2.05, 4.69) is 5.43 Å². The van der Waals surface area contributed by atoms with Crippen LogP contribution in [0, 0.1) is 0 Å². The van der Waals surface area contributed by atoms with Crippen LogP contribution in [0.3, 0.4) is 0 Å². The number of para-hydroxylation sites is 1. The van der Waals surface area contributed by atoms with Crippen LogP contribution >= 0.6 is 0 Å². The molecule has 0 unspecified atom stereocenters. The average Bonchev–Trinajstić information content (AvgIpc) is 2.41. The van der Waals surface area contributed by atoms with Gasteiger partial charge in [-0.1, -0.05) is 6.07 Å². The molecule has 0 spiro atoms. The maximum Gasteiger partial charge on any atom is 0.253 e. The number of fused-ring (bicyclic) bond motifs is 1. The highest BCUT2D eigenvalue weighted by Gasteiger charge is 2.10. The molecule has 0 atom stereocenters. The Bertz CT molecular complexity index is 649. The number of nitrogens with one attached hydrogen (secondary N) is 1. The predicted octanol–water partition coefficient (Wildman–Crippen LogP) is 0.000000000000000167. The maximum absolute atomic E-state index is 11.8. The summed E-state index contributed by atoms with van der Waals surface area (Å²) in [7, 11) is 1.51. The van der Waals surface area contributed by atoms with Crippen molar-refractivity contribution in [2.75, 3.05) is 7.11 Å². The Morgan fingerprint density at radius 1 is 1.44 bits per heavy atom. The van der Waals surface area contributed by atoms with E-state index in [0.29, 0.717) is 16.7 Å². The average molecular weight is 247 g/mol. The molecule has 0 fully saturated rings. The number of hydrogen-bond acceptors (Lipinski definition) is 4. The molecule has 1 aromatic heterocycles. The summed E-state index contributed by atoms with van der Waals surface area (Å²) >= 11 is 0. The Morgan fingerprint density at radius 2 is 2.22 bits per heavy atom. The van der Waals surface area contributed by atoms with Crippen LogP contribution in [0.4, 0.5) is 0 Å². The summed E-state index contributed by atoms with van der Waals surface area (Å²) in [6.07, 6.45) is 1.54. The molecule has 94 valence electrons. The number of hydrogen-bond donors (Lipinski definition) is 2. The second-order valence-electron chi connectivity index (χ2n) is 3.73. The van der Waals surface area contributed by atoms with E-state index in [0.717, 1.165) is 0 Å². The highest BCUT2D eigenvalue weighted by molar-refractivity contribution is 5.86. The highest BCUT2D eigenvalue weighted by atomic mass is 16.5. The number of carbonyl (C=O) groups is 1. The lowest BCUT2D eigenvalue weighted by atomic mass is 10.2. The van der Waals surface area contributed by atoms with Crippen LogP contribution in [-0.2, 0) is 11.3 Å². The van der Waals surface area contributed by atoms with Crippen molar-refractivity contribution in [2.24, 2.45) is 5.84 Å². The first-order chi connectivity index (χ1) is 8.67. The minimum Gasteiger partial charge on any atom is -0.495 e. The van der Waals surface area contributed by atoms with E-state index in [4.69, 9.17) is 10.6 Å². The number of pyridine rings is 1. The molecule has 3 N–H and O–H groups in total. The largest absolute Gasteiger partial charge is 0.495 e. The summed E-state index contributed by atoms with van der Waals surface area (Å²) < 4.78 is 6.84. The predicted molar refractivity (Wildman–Crippen MR) is 67.1 cm³/mol. The Labute approximate surface area is 103 Å². The van der Waals surface area contributed by atoms with Gasteiger partial charge in [-0.3, -0.25) is 15.0 Å². The van der Waals surface area contributed by atoms with Gasteiger partial charge in [0, 0.05) is 17.6 Å². The number of benzene rings is 1. The fourth-order valence-electron chi connectivity index (χ4n) is 1.84. The lowest BCUT2D eigenvalue weighted by molar-refractivity contribution is -0.121. The van der Waals surface area contributed by atoms with Crippen molar-refractivity contribution in [2.45, 2.75) is 6.54 Å². The SMILES string of the molecule is COc1cccc2c(=O)ccn(CC(=O)NN)c12. The quantitative estimate of drug-likeness (QED) is 0.454. The van der Waals surface area contributed by atoms with Gasteiger partial charge in [-0.2, -0.15) is 0 Å². The third kappa shape index (κ3) is 2.05. The zero-order valence-electron chi connectivity index (χ0n) is 9.84. The van der Waals surface area contributed by atoms with Crippen LogP contribution in [0.25, 0.3) is 10.9 Å². The topological polar surface area (TPSA) is 86.3 Å². The molecule has 1 amide bonds. The van der Waals surface area contributed by atoms with Crippen LogP contribution in [0.15, 0.2) is 35.3 Å². The highest BCUT2D eigenvalue weighted by Crippen LogP contribution is 2.22. The van der Waals surface area contributed by atoms with Crippen molar-refractivity contribution in [3.63, 3.8) is 0 Å². The number of nitrogens with zero attached hydrogens (tertiary/aromatic N) is 1. The van der Waals surface area contributed by atoms with E-state index in [1.165, 1.54) is 13.2 Å². The van der Waals surface area contributed by atoms with E-state index in [-0.39, 0.29) is 17.9 Å². The fourth-order valence-corrected chi connectivity index (χ4v) is 1.84.